The molecule has 0 saturated heterocycles. The maximum atomic E-state index is 10.8. The van der Waals surface area contributed by atoms with E-state index < -0.39 is 0 Å². The van der Waals surface area contributed by atoms with Gasteiger partial charge in [-0.1, -0.05) is 36.4 Å². The van der Waals surface area contributed by atoms with Gasteiger partial charge in [-0.25, -0.2) is 0 Å². The normalized spacial score (nSPS) is 12.9. The molecule has 0 atom stereocenters. The molecule has 4 nitrogen and oxygen atoms in total. The van der Waals surface area contributed by atoms with Crippen LogP contribution in [-0.4, -0.2) is 19.0 Å². The number of aromatic hydroxyl groups is 2. The van der Waals surface area contributed by atoms with Crippen LogP contribution in [0, 0.1) is 0 Å². The van der Waals surface area contributed by atoms with Crippen molar-refractivity contribution in [3.63, 3.8) is 0 Å². The summed E-state index contributed by atoms with van der Waals surface area (Å²) in [6.45, 7) is 0. The minimum absolute atomic E-state index is 0.313. The zero-order chi connectivity index (χ0) is 22.3. The molecule has 34 heavy (non-hydrogen) atoms. The Bertz CT molecular complexity index is 2140. The van der Waals surface area contributed by atoms with Crippen LogP contribution < -0.4 is 0 Å². The van der Waals surface area contributed by atoms with Crippen molar-refractivity contribution >= 4 is 76.2 Å². The number of benzene rings is 5. The van der Waals surface area contributed by atoms with E-state index in [1.807, 2.05) is 48.5 Å². The van der Waals surface area contributed by atoms with Gasteiger partial charge in [0, 0.05) is 32.3 Å². The summed E-state index contributed by atoms with van der Waals surface area (Å²) in [5.41, 5.74) is 6.57. The standard InChI is InChI=1S/C30H16N2O2/c33-25-11-9-15-19-14-24-20(13-23(19)31-21-7-3-1-5-17(21)27(25)29(15)31)16-10-12-26(34)28-18-6-2-4-8-22(18)32(24)30(16)28/h1-14,33-34H. The maximum absolute atomic E-state index is 10.8. The van der Waals surface area contributed by atoms with E-state index in [9.17, 15) is 10.2 Å². The van der Waals surface area contributed by atoms with Gasteiger partial charge in [-0.05, 0) is 48.5 Å². The van der Waals surface area contributed by atoms with Crippen LogP contribution in [0.4, 0.5) is 0 Å². The first-order chi connectivity index (χ1) is 16.7. The van der Waals surface area contributed by atoms with E-state index in [1.165, 1.54) is 0 Å². The van der Waals surface area contributed by atoms with Gasteiger partial charge in [0.2, 0.25) is 0 Å². The molecule has 0 saturated carbocycles. The highest BCUT2D eigenvalue weighted by Gasteiger charge is 2.23. The zero-order valence-electron chi connectivity index (χ0n) is 17.9. The van der Waals surface area contributed by atoms with Crippen molar-refractivity contribution in [2.45, 2.75) is 0 Å². The van der Waals surface area contributed by atoms with Gasteiger partial charge in [0.05, 0.1) is 43.9 Å². The number of nitrogens with zero attached hydrogens (tertiary/aromatic N) is 2. The predicted molar refractivity (Wildman–Crippen MR) is 139 cm³/mol. The lowest BCUT2D eigenvalue weighted by Crippen LogP contribution is -1.82. The van der Waals surface area contributed by atoms with E-state index in [4.69, 9.17) is 0 Å². The predicted octanol–water partition coefficient (Wildman–Crippen LogP) is 7.40. The molecule has 2 N–H and O–H groups in total. The third-order valence-corrected chi connectivity index (χ3v) is 7.76. The Morgan fingerprint density at radius 2 is 0.853 bits per heavy atom. The largest absolute Gasteiger partial charge is 0.507 e. The Morgan fingerprint density at radius 3 is 1.32 bits per heavy atom. The lowest BCUT2D eigenvalue weighted by molar-refractivity contribution is 0.481. The number of fused-ring (bicyclic) bond motifs is 12. The highest BCUT2D eigenvalue weighted by molar-refractivity contribution is 6.30. The van der Waals surface area contributed by atoms with Gasteiger partial charge in [-0.3, -0.25) is 0 Å². The Morgan fingerprint density at radius 1 is 0.412 bits per heavy atom. The third-order valence-electron chi connectivity index (χ3n) is 7.76. The van der Waals surface area contributed by atoms with Crippen LogP contribution in [0.1, 0.15) is 0 Å². The number of hydrogen-bond donors (Lipinski definition) is 2. The fourth-order valence-corrected chi connectivity index (χ4v) is 6.47. The molecule has 0 amide bonds. The van der Waals surface area contributed by atoms with Crippen LogP contribution in [0.2, 0.25) is 0 Å². The summed E-state index contributed by atoms with van der Waals surface area (Å²) in [5.74, 6) is 0.626. The smallest absolute Gasteiger partial charge is 0.125 e. The molecule has 0 spiro atoms. The Hall–Kier alpha value is -4.70. The Labute approximate surface area is 191 Å². The van der Waals surface area contributed by atoms with Crippen LogP contribution in [0.25, 0.3) is 76.2 Å². The van der Waals surface area contributed by atoms with Gasteiger partial charge in [-0.15, -0.1) is 0 Å². The van der Waals surface area contributed by atoms with E-state index in [1.54, 1.807) is 0 Å². The van der Waals surface area contributed by atoms with E-state index in [-0.39, 0.29) is 0 Å². The van der Waals surface area contributed by atoms with Gasteiger partial charge in [0.25, 0.3) is 0 Å². The number of phenols is 2. The SMILES string of the molecule is Oc1ccc2c3cc4c(cc3n3c5ccccc5c1c23)c1ccc(O)c2c3ccccc3n4c12. The average molecular weight is 436 g/mol. The second-order valence-electron chi connectivity index (χ2n) is 9.30. The van der Waals surface area contributed by atoms with E-state index in [2.05, 4.69) is 45.2 Å². The van der Waals surface area contributed by atoms with Crippen LogP contribution >= 0.6 is 0 Å². The van der Waals surface area contributed by atoms with Crippen LogP contribution in [0.5, 0.6) is 11.5 Å². The summed E-state index contributed by atoms with van der Waals surface area (Å²) >= 11 is 0. The highest BCUT2D eigenvalue weighted by atomic mass is 16.3. The monoisotopic (exact) mass is 436 g/mol. The first-order valence-corrected chi connectivity index (χ1v) is 11.4. The molecular formula is C30H16N2O2. The van der Waals surface area contributed by atoms with Crippen molar-refractivity contribution < 1.29 is 10.2 Å². The summed E-state index contributed by atoms with van der Waals surface area (Å²) in [7, 11) is 0. The molecule has 0 unspecified atom stereocenters. The van der Waals surface area contributed by atoms with Gasteiger partial charge >= 0.3 is 0 Å². The van der Waals surface area contributed by atoms with Crippen LogP contribution in [-0.2, 0) is 0 Å². The minimum atomic E-state index is 0.313. The molecule has 0 aliphatic heterocycles. The van der Waals surface area contributed by atoms with E-state index in [0.717, 1.165) is 76.2 Å². The average Bonchev–Trinajstić information content (AvgIpc) is 3.56. The van der Waals surface area contributed by atoms with Crippen molar-refractivity contribution in [2.75, 3.05) is 0 Å². The topological polar surface area (TPSA) is 49.3 Å². The maximum Gasteiger partial charge on any atom is 0.125 e. The molecule has 0 radical (unpaired) electrons. The molecule has 9 aromatic rings. The second-order valence-corrected chi connectivity index (χ2v) is 9.30. The summed E-state index contributed by atoms with van der Waals surface area (Å²) in [6.07, 6.45) is 0. The zero-order valence-corrected chi connectivity index (χ0v) is 17.9. The first-order valence-electron chi connectivity index (χ1n) is 11.4. The molecule has 0 fully saturated rings. The minimum Gasteiger partial charge on any atom is -0.507 e. The molecule has 0 bridgehead atoms. The van der Waals surface area contributed by atoms with Crippen molar-refractivity contribution in [1.29, 1.82) is 0 Å². The number of phenolic OH excluding ortho intramolecular Hbond substituents is 2. The molecular weight excluding hydrogens is 420 g/mol. The fourth-order valence-electron chi connectivity index (χ4n) is 6.47. The number of rotatable bonds is 0. The lowest BCUT2D eigenvalue weighted by atomic mass is 10.0. The lowest BCUT2D eigenvalue weighted by Gasteiger charge is -2.01. The molecule has 0 aliphatic rings. The molecule has 4 heterocycles. The molecule has 5 aromatic carbocycles. The van der Waals surface area contributed by atoms with Crippen molar-refractivity contribution in [1.82, 2.24) is 8.80 Å². The van der Waals surface area contributed by atoms with Crippen LogP contribution in [0.15, 0.2) is 84.9 Å². The van der Waals surface area contributed by atoms with E-state index >= 15 is 0 Å². The molecule has 0 aliphatic carbocycles. The fraction of sp³-hybridized carbons (Fsp3) is 0. The van der Waals surface area contributed by atoms with Crippen LogP contribution in [0.3, 0.4) is 0 Å². The third kappa shape index (κ3) is 1.64. The number of aromatic nitrogens is 2. The summed E-state index contributed by atoms with van der Waals surface area (Å²) < 4.78 is 4.58. The van der Waals surface area contributed by atoms with Gasteiger partial charge < -0.3 is 19.0 Å². The Kier molecular flexibility index (Phi) is 2.61. The summed E-state index contributed by atoms with van der Waals surface area (Å²) in [6, 6.07) is 28.8. The van der Waals surface area contributed by atoms with Crippen molar-refractivity contribution in [3.8, 4) is 11.5 Å². The van der Waals surface area contributed by atoms with Crippen molar-refractivity contribution in [2.24, 2.45) is 0 Å². The molecule has 158 valence electrons. The first kappa shape index (κ1) is 16.9. The van der Waals surface area contributed by atoms with Gasteiger partial charge in [0.1, 0.15) is 11.5 Å². The summed E-state index contributed by atoms with van der Waals surface area (Å²) in [4.78, 5) is 0. The quantitative estimate of drug-likeness (QED) is 0.260. The van der Waals surface area contributed by atoms with Gasteiger partial charge in [-0.2, -0.15) is 0 Å². The van der Waals surface area contributed by atoms with E-state index in [0.29, 0.717) is 11.5 Å². The number of hydrogen-bond acceptors (Lipinski definition) is 2. The Balaban J connectivity index is 1.63. The number of para-hydroxylation sites is 2. The summed E-state index contributed by atoms with van der Waals surface area (Å²) in [5, 5.41) is 30.1. The molecule has 4 aromatic heterocycles. The van der Waals surface area contributed by atoms with Crippen molar-refractivity contribution in [3.05, 3.63) is 84.9 Å². The highest BCUT2D eigenvalue weighted by Crippen LogP contribution is 2.47. The molecule has 9 rings (SSSR count). The molecule has 4 heteroatoms. The van der Waals surface area contributed by atoms with Gasteiger partial charge in [0.15, 0.2) is 0 Å². The second kappa shape index (κ2) is 5.26.